The van der Waals surface area contributed by atoms with Gasteiger partial charge in [0.1, 0.15) is 0 Å². The number of hydrogen-bond acceptors (Lipinski definition) is 0. The molecule has 0 N–H and O–H groups in total. The zero-order valence-electron chi connectivity index (χ0n) is 17.0. The van der Waals surface area contributed by atoms with Crippen molar-refractivity contribution in [3.8, 4) is 33.4 Å². The van der Waals surface area contributed by atoms with Crippen molar-refractivity contribution in [1.29, 1.82) is 0 Å². The van der Waals surface area contributed by atoms with Gasteiger partial charge in [-0.3, -0.25) is 0 Å². The van der Waals surface area contributed by atoms with Gasteiger partial charge in [0, 0.05) is 0 Å². The predicted molar refractivity (Wildman–Crippen MR) is 105 cm³/mol. The molecule has 35 heavy (non-hydrogen) atoms. The van der Waals surface area contributed by atoms with Gasteiger partial charge in [0.05, 0.1) is 11.1 Å². The van der Waals surface area contributed by atoms with Crippen LogP contribution in [0.15, 0.2) is 36.4 Å². The van der Waals surface area contributed by atoms with Gasteiger partial charge < -0.3 is 0 Å². The van der Waals surface area contributed by atoms with Gasteiger partial charge in [-0.2, -0.15) is 0 Å². The average Bonchev–Trinajstić information content (AvgIpc) is 3.21. The molecule has 4 aromatic rings. The molecule has 0 nitrogen and oxygen atoms in total. The molecule has 0 amide bonds. The summed E-state index contributed by atoms with van der Waals surface area (Å²) in [6.07, 6.45) is 0.116. The predicted octanol–water partition coefficient (Wildman–Crippen LogP) is 7.98. The smallest absolute Gasteiger partial charge is 0.200 e. The molecule has 0 spiro atoms. The van der Waals surface area contributed by atoms with Crippen LogP contribution in [-0.4, -0.2) is 0 Å². The highest BCUT2D eigenvalue weighted by molar-refractivity contribution is 5.91. The Labute approximate surface area is 190 Å². The Kier molecular flexibility index (Phi) is 5.15. The van der Waals surface area contributed by atoms with E-state index in [2.05, 4.69) is 0 Å². The zero-order valence-corrected chi connectivity index (χ0v) is 17.0. The standard InChI is InChI=1S/C25H8F10/c26-16-14(17(27)21(31)24(34)20(16)30)12-6-9-5-8-3-1-2-4-10(8)11(9)7-13(12)15-18(28)22(32)25(35)23(33)19(15)29/h1-4,6-7H,5H2. The third-order valence-electron chi connectivity index (χ3n) is 5.89. The number of hydrogen-bond donors (Lipinski definition) is 0. The van der Waals surface area contributed by atoms with E-state index in [9.17, 15) is 43.9 Å². The fourth-order valence-corrected chi connectivity index (χ4v) is 4.28. The fourth-order valence-electron chi connectivity index (χ4n) is 4.28. The van der Waals surface area contributed by atoms with Crippen molar-refractivity contribution in [3.05, 3.63) is 106 Å². The summed E-state index contributed by atoms with van der Waals surface area (Å²) >= 11 is 0. The Hall–Kier alpha value is -3.82. The Morgan fingerprint density at radius 2 is 0.771 bits per heavy atom. The van der Waals surface area contributed by atoms with Crippen LogP contribution < -0.4 is 0 Å². The number of halogens is 10. The molecule has 0 radical (unpaired) electrons. The van der Waals surface area contributed by atoms with Crippen molar-refractivity contribution >= 4 is 0 Å². The first kappa shape index (κ1) is 22.9. The Bertz CT molecular complexity index is 1510. The topological polar surface area (TPSA) is 0 Å². The summed E-state index contributed by atoms with van der Waals surface area (Å²) in [6, 6.07) is 8.32. The molecule has 0 saturated carbocycles. The number of benzene rings is 4. The highest BCUT2D eigenvalue weighted by Crippen LogP contribution is 2.47. The highest BCUT2D eigenvalue weighted by atomic mass is 19.2. The lowest BCUT2D eigenvalue weighted by molar-refractivity contribution is 0.380. The van der Waals surface area contributed by atoms with E-state index in [-0.39, 0.29) is 17.5 Å². The van der Waals surface area contributed by atoms with Crippen LogP contribution in [0.5, 0.6) is 0 Å². The second-order valence-electron chi connectivity index (χ2n) is 7.78. The van der Waals surface area contributed by atoms with E-state index < -0.39 is 80.4 Å². The lowest BCUT2D eigenvalue weighted by Gasteiger charge is -2.17. The minimum atomic E-state index is -2.48. The van der Waals surface area contributed by atoms with E-state index in [0.29, 0.717) is 11.1 Å². The van der Waals surface area contributed by atoms with Gasteiger partial charge >= 0.3 is 0 Å². The fraction of sp³-hybridized carbons (Fsp3) is 0.0400. The van der Waals surface area contributed by atoms with E-state index in [0.717, 1.165) is 12.1 Å². The zero-order chi connectivity index (χ0) is 25.3. The quantitative estimate of drug-likeness (QED) is 0.132. The lowest BCUT2D eigenvalue weighted by atomic mass is 9.88. The van der Waals surface area contributed by atoms with E-state index in [1.807, 2.05) is 0 Å². The molecule has 0 fully saturated rings. The minimum Gasteiger partial charge on any atom is -0.203 e. The lowest BCUT2D eigenvalue weighted by Crippen LogP contribution is -2.08. The van der Waals surface area contributed by atoms with Crippen LogP contribution in [0, 0.1) is 58.2 Å². The van der Waals surface area contributed by atoms with Crippen molar-refractivity contribution in [2.24, 2.45) is 0 Å². The van der Waals surface area contributed by atoms with Gasteiger partial charge in [-0.05, 0) is 51.9 Å². The maximum absolute atomic E-state index is 14.7. The molecule has 1 aliphatic carbocycles. The third kappa shape index (κ3) is 3.15. The number of rotatable bonds is 2. The summed E-state index contributed by atoms with van der Waals surface area (Å²) < 4.78 is 142. The third-order valence-corrected chi connectivity index (χ3v) is 5.89. The van der Waals surface area contributed by atoms with E-state index >= 15 is 0 Å². The van der Waals surface area contributed by atoms with Crippen LogP contribution in [0.25, 0.3) is 33.4 Å². The molecule has 0 saturated heterocycles. The summed E-state index contributed by atoms with van der Waals surface area (Å²) in [5, 5.41) is 0. The molecule has 5 rings (SSSR count). The summed E-state index contributed by atoms with van der Waals surface area (Å²) in [4.78, 5) is 0. The Morgan fingerprint density at radius 3 is 1.26 bits per heavy atom. The first-order valence-corrected chi connectivity index (χ1v) is 9.83. The normalized spacial score (nSPS) is 12.2. The average molecular weight is 498 g/mol. The van der Waals surface area contributed by atoms with E-state index in [1.54, 1.807) is 24.3 Å². The first-order valence-electron chi connectivity index (χ1n) is 9.83. The molecular weight excluding hydrogens is 490 g/mol. The molecule has 0 unspecified atom stereocenters. The first-order chi connectivity index (χ1) is 16.5. The second kappa shape index (κ2) is 7.86. The van der Waals surface area contributed by atoms with Gasteiger partial charge in [0.25, 0.3) is 0 Å². The summed E-state index contributed by atoms with van der Waals surface area (Å²) in [5.74, 6) is -23.7. The molecule has 1 aliphatic rings. The van der Waals surface area contributed by atoms with Crippen molar-refractivity contribution in [3.63, 3.8) is 0 Å². The van der Waals surface area contributed by atoms with Gasteiger partial charge in [-0.1, -0.05) is 24.3 Å². The summed E-state index contributed by atoms with van der Waals surface area (Å²) in [7, 11) is 0. The summed E-state index contributed by atoms with van der Waals surface area (Å²) in [6.45, 7) is 0. The van der Waals surface area contributed by atoms with Gasteiger partial charge in [0.2, 0.25) is 11.6 Å². The van der Waals surface area contributed by atoms with Crippen LogP contribution in [0.1, 0.15) is 11.1 Å². The van der Waals surface area contributed by atoms with Crippen LogP contribution >= 0.6 is 0 Å². The van der Waals surface area contributed by atoms with Crippen molar-refractivity contribution in [2.45, 2.75) is 6.42 Å². The molecule has 0 aromatic heterocycles. The van der Waals surface area contributed by atoms with Crippen molar-refractivity contribution in [2.75, 3.05) is 0 Å². The van der Waals surface area contributed by atoms with E-state index in [4.69, 9.17) is 0 Å². The van der Waals surface area contributed by atoms with Gasteiger partial charge in [0.15, 0.2) is 46.5 Å². The molecule has 4 aromatic carbocycles. The van der Waals surface area contributed by atoms with Gasteiger partial charge in [-0.25, -0.2) is 43.9 Å². The molecule has 10 heteroatoms. The molecular formula is C25H8F10. The summed E-state index contributed by atoms with van der Waals surface area (Å²) in [5.41, 5.74) is -3.38. The molecule has 0 aliphatic heterocycles. The molecule has 0 heterocycles. The van der Waals surface area contributed by atoms with Crippen LogP contribution in [0.2, 0.25) is 0 Å². The maximum atomic E-state index is 14.7. The largest absolute Gasteiger partial charge is 0.203 e. The van der Waals surface area contributed by atoms with Crippen LogP contribution in [0.3, 0.4) is 0 Å². The van der Waals surface area contributed by atoms with Gasteiger partial charge in [-0.15, -0.1) is 0 Å². The Morgan fingerprint density at radius 1 is 0.371 bits per heavy atom. The SMILES string of the molecule is Fc1c(F)c(F)c(-c2cc3c(cc2-c2c(F)c(F)c(F)c(F)c2F)-c2ccccc2C3)c(F)c1F. The van der Waals surface area contributed by atoms with Crippen LogP contribution in [-0.2, 0) is 6.42 Å². The second-order valence-corrected chi connectivity index (χ2v) is 7.78. The van der Waals surface area contributed by atoms with E-state index in [1.165, 1.54) is 0 Å². The Balaban J connectivity index is 1.95. The number of fused-ring (bicyclic) bond motifs is 3. The van der Waals surface area contributed by atoms with Crippen LogP contribution in [0.4, 0.5) is 43.9 Å². The van der Waals surface area contributed by atoms with Crippen molar-refractivity contribution < 1.29 is 43.9 Å². The molecule has 178 valence electrons. The highest BCUT2D eigenvalue weighted by Gasteiger charge is 2.34. The molecule has 0 atom stereocenters. The maximum Gasteiger partial charge on any atom is 0.200 e. The molecule has 0 bridgehead atoms. The monoisotopic (exact) mass is 498 g/mol. The minimum absolute atomic E-state index is 0.116. The van der Waals surface area contributed by atoms with Crippen molar-refractivity contribution in [1.82, 2.24) is 0 Å².